The molecule has 0 radical (unpaired) electrons. The molecule has 0 saturated heterocycles. The van der Waals surface area contributed by atoms with Gasteiger partial charge < -0.3 is 14.4 Å². The number of hydrogen-bond acceptors (Lipinski definition) is 6. The Morgan fingerprint density at radius 2 is 1.83 bits per heavy atom. The third kappa shape index (κ3) is 5.11. The number of hydrogen-bond donors (Lipinski definition) is 1. The van der Waals surface area contributed by atoms with Crippen molar-refractivity contribution >= 4 is 5.82 Å². The van der Waals surface area contributed by atoms with Crippen molar-refractivity contribution in [3.63, 3.8) is 0 Å². The van der Waals surface area contributed by atoms with Gasteiger partial charge in [0.05, 0.1) is 17.7 Å². The lowest BCUT2D eigenvalue weighted by molar-refractivity contribution is -0.137. The summed E-state index contributed by atoms with van der Waals surface area (Å²) < 4.78 is 50.2. The van der Waals surface area contributed by atoms with Crippen LogP contribution in [0.3, 0.4) is 0 Å². The minimum Gasteiger partial charge on any atom is -0.462 e. The van der Waals surface area contributed by atoms with E-state index in [4.69, 9.17) is 9.47 Å². The Balaban J connectivity index is 1.50. The highest BCUT2D eigenvalue weighted by atomic mass is 19.4. The van der Waals surface area contributed by atoms with Crippen LogP contribution in [0.15, 0.2) is 84.9 Å². The number of alkyl halides is 3. The molecule has 0 atom stereocenters. The molecule has 0 amide bonds. The van der Waals surface area contributed by atoms with Crippen LogP contribution >= 0.6 is 0 Å². The molecule has 0 saturated carbocycles. The molecule has 5 rings (SSSR count). The average molecular weight is 479 g/mol. The predicted octanol–water partition coefficient (Wildman–Crippen LogP) is 5.40. The van der Waals surface area contributed by atoms with Gasteiger partial charge in [0.15, 0.2) is 17.4 Å². The van der Waals surface area contributed by atoms with Crippen molar-refractivity contribution in [3.8, 4) is 22.8 Å². The van der Waals surface area contributed by atoms with Crippen LogP contribution in [0, 0.1) is 0 Å². The van der Waals surface area contributed by atoms with E-state index in [0.29, 0.717) is 36.1 Å². The summed E-state index contributed by atoms with van der Waals surface area (Å²) in [7, 11) is 0. The predicted molar refractivity (Wildman–Crippen MR) is 123 cm³/mol. The van der Waals surface area contributed by atoms with Crippen LogP contribution in [0.5, 0.6) is 0 Å². The number of H-pyrrole nitrogens is 1. The Kier molecular flexibility index (Phi) is 6.09. The van der Waals surface area contributed by atoms with Gasteiger partial charge >= 0.3 is 6.18 Å². The molecule has 0 aliphatic carbocycles. The minimum atomic E-state index is -4.45. The Hall–Kier alpha value is -4.34. The number of nitrogens with zero attached hydrogens (tertiary/aromatic N) is 4. The molecule has 0 bridgehead atoms. The fourth-order valence-corrected chi connectivity index (χ4v) is 3.73. The summed E-state index contributed by atoms with van der Waals surface area (Å²) in [6.45, 7) is 1.08. The SMILES string of the molecule is FC(F)(F)c1cccc(-c2n[nH]c(-c3cccnc3N(CC3=COCO3)Cc3ccccc3)n2)c1. The first-order valence-corrected chi connectivity index (χ1v) is 10.7. The number of anilines is 1. The summed E-state index contributed by atoms with van der Waals surface area (Å²) in [6.07, 6.45) is -1.22. The van der Waals surface area contributed by atoms with Crippen LogP contribution in [0.25, 0.3) is 22.8 Å². The van der Waals surface area contributed by atoms with Crippen LogP contribution in [0.2, 0.25) is 0 Å². The third-order valence-corrected chi connectivity index (χ3v) is 5.36. The number of ether oxygens (including phenoxy) is 2. The molecule has 2 aromatic carbocycles. The highest BCUT2D eigenvalue weighted by Gasteiger charge is 2.31. The second kappa shape index (κ2) is 9.49. The topological polar surface area (TPSA) is 76.2 Å². The molecule has 35 heavy (non-hydrogen) atoms. The maximum Gasteiger partial charge on any atom is 0.416 e. The Morgan fingerprint density at radius 1 is 0.971 bits per heavy atom. The Bertz CT molecular complexity index is 1340. The maximum absolute atomic E-state index is 13.2. The van der Waals surface area contributed by atoms with Gasteiger partial charge in [-0.3, -0.25) is 5.10 Å². The van der Waals surface area contributed by atoms with E-state index in [1.165, 1.54) is 12.1 Å². The van der Waals surface area contributed by atoms with Crippen molar-refractivity contribution in [1.29, 1.82) is 0 Å². The third-order valence-electron chi connectivity index (χ3n) is 5.36. The number of aromatic nitrogens is 4. The first-order valence-electron chi connectivity index (χ1n) is 10.7. The maximum atomic E-state index is 13.2. The molecule has 10 heteroatoms. The number of halogens is 3. The summed E-state index contributed by atoms with van der Waals surface area (Å²) >= 11 is 0. The zero-order chi connectivity index (χ0) is 24.3. The van der Waals surface area contributed by atoms with Crippen LogP contribution < -0.4 is 4.90 Å². The number of pyridine rings is 1. The number of aromatic amines is 1. The van der Waals surface area contributed by atoms with Crippen molar-refractivity contribution in [2.45, 2.75) is 12.7 Å². The van der Waals surface area contributed by atoms with E-state index in [9.17, 15) is 13.2 Å². The van der Waals surface area contributed by atoms with E-state index in [0.717, 1.165) is 17.7 Å². The number of nitrogens with one attached hydrogen (secondary N) is 1. The van der Waals surface area contributed by atoms with E-state index in [-0.39, 0.29) is 18.2 Å². The first-order chi connectivity index (χ1) is 17.0. The van der Waals surface area contributed by atoms with Crippen LogP contribution in [-0.2, 0) is 22.2 Å². The summed E-state index contributed by atoms with van der Waals surface area (Å²) in [4.78, 5) is 11.1. The van der Waals surface area contributed by atoms with Crippen LogP contribution in [0.4, 0.5) is 19.0 Å². The smallest absolute Gasteiger partial charge is 0.416 e. The summed E-state index contributed by atoms with van der Waals surface area (Å²) in [5.74, 6) is 1.81. The molecule has 0 spiro atoms. The van der Waals surface area contributed by atoms with Gasteiger partial charge in [0.1, 0.15) is 12.1 Å². The van der Waals surface area contributed by atoms with Gasteiger partial charge in [-0.05, 0) is 29.8 Å². The van der Waals surface area contributed by atoms with Gasteiger partial charge in [0.2, 0.25) is 6.79 Å². The van der Waals surface area contributed by atoms with Crippen molar-refractivity contribution in [2.75, 3.05) is 18.2 Å². The number of rotatable bonds is 7. The van der Waals surface area contributed by atoms with Gasteiger partial charge in [-0.25, -0.2) is 9.97 Å². The Morgan fingerprint density at radius 3 is 2.60 bits per heavy atom. The first kappa shape index (κ1) is 22.5. The zero-order valence-electron chi connectivity index (χ0n) is 18.4. The van der Waals surface area contributed by atoms with Crippen LogP contribution in [-0.4, -0.2) is 33.5 Å². The highest BCUT2D eigenvalue weighted by Crippen LogP contribution is 2.33. The summed E-state index contributed by atoms with van der Waals surface area (Å²) in [5.41, 5.74) is 1.21. The lowest BCUT2D eigenvalue weighted by atomic mass is 10.1. The average Bonchev–Trinajstić information content (AvgIpc) is 3.57. The van der Waals surface area contributed by atoms with E-state index in [2.05, 4.69) is 20.2 Å². The second-order valence-electron chi connectivity index (χ2n) is 7.82. The fourth-order valence-electron chi connectivity index (χ4n) is 3.73. The van der Waals surface area contributed by atoms with E-state index >= 15 is 0 Å². The molecule has 178 valence electrons. The lowest BCUT2D eigenvalue weighted by Crippen LogP contribution is -2.27. The molecule has 3 heterocycles. The van der Waals surface area contributed by atoms with Crippen molar-refractivity contribution in [1.82, 2.24) is 20.2 Å². The molecule has 1 N–H and O–H groups in total. The molecule has 1 aliphatic heterocycles. The normalized spacial score (nSPS) is 13.2. The molecule has 2 aromatic heterocycles. The number of benzene rings is 2. The van der Waals surface area contributed by atoms with E-state index in [1.807, 2.05) is 41.3 Å². The van der Waals surface area contributed by atoms with Gasteiger partial charge in [-0.2, -0.15) is 18.3 Å². The van der Waals surface area contributed by atoms with Gasteiger partial charge in [0, 0.05) is 18.3 Å². The largest absolute Gasteiger partial charge is 0.462 e. The molecule has 0 unspecified atom stereocenters. The van der Waals surface area contributed by atoms with E-state index < -0.39 is 11.7 Å². The molecule has 1 aliphatic rings. The van der Waals surface area contributed by atoms with Gasteiger partial charge in [-0.15, -0.1) is 0 Å². The van der Waals surface area contributed by atoms with E-state index in [1.54, 1.807) is 18.5 Å². The van der Waals surface area contributed by atoms with Crippen molar-refractivity contribution in [3.05, 3.63) is 96.1 Å². The highest BCUT2D eigenvalue weighted by molar-refractivity contribution is 5.72. The molecular formula is C25H20F3N5O2. The van der Waals surface area contributed by atoms with Gasteiger partial charge in [-0.1, -0.05) is 42.5 Å². The summed E-state index contributed by atoms with van der Waals surface area (Å²) in [6, 6.07) is 18.4. The standard InChI is InChI=1S/C25H20F3N5O2/c26-25(27,28)19-9-4-8-18(12-19)22-30-23(32-31-22)21-10-5-11-29-24(21)33(14-20-15-34-16-35-20)13-17-6-2-1-3-7-17/h1-12,15H,13-14,16H2,(H,30,31,32). The lowest BCUT2D eigenvalue weighted by Gasteiger charge is -2.25. The zero-order valence-corrected chi connectivity index (χ0v) is 18.4. The molecular weight excluding hydrogens is 459 g/mol. The van der Waals surface area contributed by atoms with Crippen LogP contribution in [0.1, 0.15) is 11.1 Å². The Labute approximate surface area is 198 Å². The molecule has 0 fully saturated rings. The quantitative estimate of drug-likeness (QED) is 0.382. The van der Waals surface area contributed by atoms with Crippen molar-refractivity contribution < 1.29 is 22.6 Å². The monoisotopic (exact) mass is 479 g/mol. The minimum absolute atomic E-state index is 0.158. The van der Waals surface area contributed by atoms with Gasteiger partial charge in [0.25, 0.3) is 0 Å². The van der Waals surface area contributed by atoms with Crippen molar-refractivity contribution in [2.24, 2.45) is 0 Å². The fraction of sp³-hybridized carbons (Fsp3) is 0.160. The summed E-state index contributed by atoms with van der Waals surface area (Å²) in [5, 5.41) is 7.02. The molecule has 4 aromatic rings. The second-order valence-corrected chi connectivity index (χ2v) is 7.82. The molecule has 7 nitrogen and oxygen atoms in total.